The van der Waals surface area contributed by atoms with Crippen LogP contribution in [-0.4, -0.2) is 46.2 Å². The number of piperidine rings is 1. The Kier molecular flexibility index (Phi) is 5.06. The molecule has 0 bridgehead atoms. The van der Waals surface area contributed by atoms with Gasteiger partial charge in [0.2, 0.25) is 6.41 Å². The first-order valence-electron chi connectivity index (χ1n) is 10.7. The van der Waals surface area contributed by atoms with E-state index in [4.69, 9.17) is 0 Å². The Hall–Kier alpha value is -3.41. The summed E-state index contributed by atoms with van der Waals surface area (Å²) in [6.45, 7) is 1.23. The molecule has 1 N–H and O–H groups in total. The fourth-order valence-electron chi connectivity index (χ4n) is 4.82. The van der Waals surface area contributed by atoms with Crippen molar-refractivity contribution in [2.24, 2.45) is 0 Å². The Morgan fingerprint density at radius 3 is 2.68 bits per heavy atom. The van der Waals surface area contributed by atoms with Gasteiger partial charge in [-0.15, -0.1) is 0 Å². The number of aromatic amines is 1. The minimum absolute atomic E-state index is 0.0836. The van der Waals surface area contributed by atoms with Gasteiger partial charge in [-0.05, 0) is 61.6 Å². The molecule has 6 heteroatoms. The van der Waals surface area contributed by atoms with Gasteiger partial charge in [-0.3, -0.25) is 9.59 Å². The predicted octanol–water partition coefficient (Wildman–Crippen LogP) is 4.36. The molecule has 1 fully saturated rings. The van der Waals surface area contributed by atoms with E-state index >= 15 is 0 Å². The van der Waals surface area contributed by atoms with E-state index in [9.17, 15) is 14.0 Å². The Bertz CT molecular complexity index is 1170. The SMILES string of the molecule is O=CN1CCCCC1C1=CN(C(=O)c2ccc(F)cc2)CCc2c1[nH]c1ccccc21. The highest BCUT2D eigenvalue weighted by Crippen LogP contribution is 2.36. The van der Waals surface area contributed by atoms with Crippen molar-refractivity contribution >= 4 is 28.8 Å². The summed E-state index contributed by atoms with van der Waals surface area (Å²) >= 11 is 0. The largest absolute Gasteiger partial charge is 0.354 e. The second-order valence-corrected chi connectivity index (χ2v) is 8.22. The average molecular weight is 417 g/mol. The molecule has 2 aromatic carbocycles. The molecule has 2 aliphatic rings. The normalized spacial score (nSPS) is 19.0. The number of likely N-dealkylation sites (tertiary alicyclic amines) is 1. The number of carbonyl (C=O) groups is 2. The molecule has 31 heavy (non-hydrogen) atoms. The van der Waals surface area contributed by atoms with Crippen molar-refractivity contribution in [1.29, 1.82) is 0 Å². The Balaban J connectivity index is 1.61. The molecule has 0 aliphatic carbocycles. The number of benzene rings is 2. The number of rotatable bonds is 3. The smallest absolute Gasteiger partial charge is 0.257 e. The van der Waals surface area contributed by atoms with Crippen molar-refractivity contribution < 1.29 is 14.0 Å². The van der Waals surface area contributed by atoms with Crippen LogP contribution in [0.5, 0.6) is 0 Å². The first kappa shape index (κ1) is 19.5. The topological polar surface area (TPSA) is 56.4 Å². The Morgan fingerprint density at radius 1 is 1.06 bits per heavy atom. The van der Waals surface area contributed by atoms with Crippen molar-refractivity contribution in [2.45, 2.75) is 31.7 Å². The van der Waals surface area contributed by atoms with Crippen LogP contribution in [0.2, 0.25) is 0 Å². The number of amides is 2. The highest BCUT2D eigenvalue weighted by molar-refractivity contribution is 5.97. The zero-order chi connectivity index (χ0) is 21.4. The third-order valence-corrected chi connectivity index (χ3v) is 6.39. The van der Waals surface area contributed by atoms with Crippen LogP contribution >= 0.6 is 0 Å². The zero-order valence-electron chi connectivity index (χ0n) is 17.2. The van der Waals surface area contributed by atoms with Gasteiger partial charge in [0.15, 0.2) is 0 Å². The lowest BCUT2D eigenvalue weighted by Crippen LogP contribution is -2.40. The minimum Gasteiger partial charge on any atom is -0.354 e. The molecule has 5 rings (SSSR count). The number of hydrogen-bond donors (Lipinski definition) is 1. The summed E-state index contributed by atoms with van der Waals surface area (Å²) in [7, 11) is 0. The van der Waals surface area contributed by atoms with Crippen LogP contribution in [0.25, 0.3) is 16.5 Å². The number of hydrogen-bond acceptors (Lipinski definition) is 2. The van der Waals surface area contributed by atoms with E-state index < -0.39 is 0 Å². The van der Waals surface area contributed by atoms with Crippen LogP contribution < -0.4 is 0 Å². The molecule has 3 aromatic rings. The predicted molar refractivity (Wildman–Crippen MR) is 118 cm³/mol. The number of nitrogens with one attached hydrogen (secondary N) is 1. The quantitative estimate of drug-likeness (QED) is 0.644. The van der Waals surface area contributed by atoms with Gasteiger partial charge in [0.1, 0.15) is 5.82 Å². The summed E-state index contributed by atoms with van der Waals surface area (Å²) in [5.41, 5.74) is 4.65. The van der Waals surface area contributed by atoms with E-state index in [0.29, 0.717) is 25.1 Å². The summed E-state index contributed by atoms with van der Waals surface area (Å²) in [6.07, 6.45) is 6.40. The second-order valence-electron chi connectivity index (χ2n) is 8.22. The molecule has 1 aromatic heterocycles. The number of halogens is 1. The van der Waals surface area contributed by atoms with E-state index in [1.807, 2.05) is 23.2 Å². The fourth-order valence-corrected chi connectivity index (χ4v) is 4.82. The number of carbonyl (C=O) groups excluding carboxylic acids is 2. The number of H-pyrrole nitrogens is 1. The van der Waals surface area contributed by atoms with E-state index in [1.54, 1.807) is 4.90 Å². The third-order valence-electron chi connectivity index (χ3n) is 6.39. The van der Waals surface area contributed by atoms with Crippen LogP contribution in [0.15, 0.2) is 54.7 Å². The molecular formula is C25H24FN3O2. The number of fused-ring (bicyclic) bond motifs is 3. The highest BCUT2D eigenvalue weighted by Gasteiger charge is 2.31. The van der Waals surface area contributed by atoms with Crippen LogP contribution in [0.3, 0.4) is 0 Å². The summed E-state index contributed by atoms with van der Waals surface area (Å²) < 4.78 is 13.4. The van der Waals surface area contributed by atoms with E-state index in [-0.39, 0.29) is 17.8 Å². The van der Waals surface area contributed by atoms with E-state index in [1.165, 1.54) is 29.8 Å². The molecule has 0 saturated carbocycles. The molecule has 0 spiro atoms. The second kappa shape index (κ2) is 8.02. The molecule has 2 aliphatic heterocycles. The van der Waals surface area contributed by atoms with Gasteiger partial charge in [0.05, 0.1) is 6.04 Å². The summed E-state index contributed by atoms with van der Waals surface area (Å²) in [6, 6.07) is 13.7. The van der Waals surface area contributed by atoms with Crippen molar-refractivity contribution in [1.82, 2.24) is 14.8 Å². The molecule has 1 unspecified atom stereocenters. The first-order chi connectivity index (χ1) is 15.2. The Labute approximate surface area is 180 Å². The molecule has 0 radical (unpaired) electrons. The molecule has 3 heterocycles. The van der Waals surface area contributed by atoms with Gasteiger partial charge in [-0.25, -0.2) is 4.39 Å². The number of nitrogens with zero attached hydrogens (tertiary/aromatic N) is 2. The highest BCUT2D eigenvalue weighted by atomic mass is 19.1. The van der Waals surface area contributed by atoms with Gasteiger partial charge in [0, 0.05) is 47.0 Å². The van der Waals surface area contributed by atoms with Crippen molar-refractivity contribution in [2.75, 3.05) is 13.1 Å². The standard InChI is InChI=1S/C25H24FN3O2/c26-18-10-8-17(9-11-18)25(31)28-14-12-20-19-5-1-2-6-22(19)27-24(20)21(15-28)23-7-3-4-13-29(23)16-30/h1-2,5-6,8-11,15-16,23,27H,3-4,7,12-14H2. The van der Waals surface area contributed by atoms with Crippen LogP contribution in [0, 0.1) is 5.82 Å². The van der Waals surface area contributed by atoms with Crippen LogP contribution in [0.1, 0.15) is 40.9 Å². The zero-order valence-corrected chi connectivity index (χ0v) is 17.2. The van der Waals surface area contributed by atoms with E-state index in [0.717, 1.165) is 47.8 Å². The lowest BCUT2D eigenvalue weighted by atomic mass is 9.92. The molecule has 5 nitrogen and oxygen atoms in total. The minimum atomic E-state index is -0.367. The molecule has 1 atom stereocenters. The van der Waals surface area contributed by atoms with Gasteiger partial charge in [-0.2, -0.15) is 0 Å². The van der Waals surface area contributed by atoms with Crippen molar-refractivity contribution in [3.63, 3.8) is 0 Å². The monoisotopic (exact) mass is 417 g/mol. The van der Waals surface area contributed by atoms with Gasteiger partial charge in [-0.1, -0.05) is 18.2 Å². The van der Waals surface area contributed by atoms with Crippen molar-refractivity contribution in [3.05, 3.63) is 77.4 Å². The maximum Gasteiger partial charge on any atom is 0.257 e. The number of para-hydroxylation sites is 1. The number of aromatic nitrogens is 1. The van der Waals surface area contributed by atoms with Crippen LogP contribution in [-0.2, 0) is 11.2 Å². The fraction of sp³-hybridized carbons (Fsp3) is 0.280. The third kappa shape index (κ3) is 3.52. The summed E-state index contributed by atoms with van der Waals surface area (Å²) in [4.78, 5) is 32.2. The van der Waals surface area contributed by atoms with Gasteiger partial charge < -0.3 is 14.8 Å². The lowest BCUT2D eigenvalue weighted by Gasteiger charge is -2.34. The maximum atomic E-state index is 13.4. The Morgan fingerprint density at radius 2 is 1.87 bits per heavy atom. The van der Waals surface area contributed by atoms with Gasteiger partial charge >= 0.3 is 0 Å². The van der Waals surface area contributed by atoms with Gasteiger partial charge in [0.25, 0.3) is 5.91 Å². The maximum absolute atomic E-state index is 13.4. The molecule has 2 amide bonds. The van der Waals surface area contributed by atoms with Crippen LogP contribution in [0.4, 0.5) is 4.39 Å². The van der Waals surface area contributed by atoms with Crippen molar-refractivity contribution in [3.8, 4) is 0 Å². The lowest BCUT2D eigenvalue weighted by molar-refractivity contribution is -0.120. The average Bonchev–Trinajstić information content (AvgIpc) is 3.07. The van der Waals surface area contributed by atoms with E-state index in [2.05, 4.69) is 17.1 Å². The summed E-state index contributed by atoms with van der Waals surface area (Å²) in [5, 5.41) is 1.15. The molecule has 1 saturated heterocycles. The summed E-state index contributed by atoms with van der Waals surface area (Å²) in [5.74, 6) is -0.533. The first-order valence-corrected chi connectivity index (χ1v) is 10.7. The molecule has 158 valence electrons. The molecular weight excluding hydrogens is 393 g/mol.